The monoisotopic (exact) mass is 574 g/mol. The van der Waals surface area contributed by atoms with E-state index in [1.807, 2.05) is 0 Å². The van der Waals surface area contributed by atoms with Gasteiger partial charge in [0.1, 0.15) is 0 Å². The molecule has 0 N–H and O–H groups in total. The molecule has 2 saturated carbocycles. The van der Waals surface area contributed by atoms with Crippen molar-refractivity contribution in [1.82, 2.24) is 14.7 Å². The van der Waals surface area contributed by atoms with Crippen LogP contribution in [0.4, 0.5) is 0 Å². The topological polar surface area (TPSA) is 9.72 Å². The highest BCUT2D eigenvalue weighted by Crippen LogP contribution is 2.44. The fourth-order valence-corrected chi connectivity index (χ4v) is 10.00. The van der Waals surface area contributed by atoms with Crippen LogP contribution in [0.1, 0.15) is 160 Å². The van der Waals surface area contributed by atoms with Gasteiger partial charge in [-0.15, -0.1) is 0 Å². The summed E-state index contributed by atoms with van der Waals surface area (Å²) in [4.78, 5) is 8.34. The van der Waals surface area contributed by atoms with Gasteiger partial charge in [0.05, 0.1) is 0 Å². The molecule has 3 nitrogen and oxygen atoms in total. The van der Waals surface area contributed by atoms with Gasteiger partial charge in [-0.05, 0) is 129 Å². The Morgan fingerprint density at radius 2 is 0.829 bits per heavy atom. The first-order valence-electron chi connectivity index (χ1n) is 18.7. The summed E-state index contributed by atoms with van der Waals surface area (Å²) in [5.41, 5.74) is 0. The summed E-state index contributed by atoms with van der Waals surface area (Å²) in [6.07, 6.45) is 17.5. The highest BCUT2D eigenvalue weighted by atomic mass is 15.3. The molecule has 0 spiro atoms. The summed E-state index contributed by atoms with van der Waals surface area (Å²) in [6.45, 7) is 29.8. The van der Waals surface area contributed by atoms with Crippen LogP contribution in [-0.2, 0) is 0 Å². The molecule has 2 aliphatic carbocycles. The maximum atomic E-state index is 2.84. The van der Waals surface area contributed by atoms with E-state index in [0.29, 0.717) is 0 Å². The standard InChI is InChI=1S/C14H27N.C13H25N.C11H23N/c1-10(2)14-9-12-7-5-6-8-13(12)15(14)11(3)4;1-9(2)13-8-11-6-5-7-12(11)14(13)10(3)4;1-9(2)11-7-5-6-8-12(11)10(3)4/h10-14H,5-9H2,1-4H3;9-13H,5-8H2,1-4H3;9-11H,5-8H2,1-4H3/t12-,13-,14-;11-,12-,13-;11-/m000/s1. The van der Waals surface area contributed by atoms with Crippen LogP contribution in [0.15, 0.2) is 0 Å². The van der Waals surface area contributed by atoms with Crippen molar-refractivity contribution in [1.29, 1.82) is 0 Å². The van der Waals surface area contributed by atoms with E-state index in [9.17, 15) is 0 Å². The van der Waals surface area contributed by atoms with Gasteiger partial charge in [0.15, 0.2) is 0 Å². The highest BCUT2D eigenvalue weighted by Gasteiger charge is 2.45. The first-order valence-corrected chi connectivity index (χ1v) is 18.7. The molecule has 5 aliphatic rings. The minimum atomic E-state index is 0.734. The Morgan fingerprint density at radius 1 is 0.415 bits per heavy atom. The normalized spacial score (nSPS) is 34.8. The van der Waals surface area contributed by atoms with Gasteiger partial charge in [-0.3, -0.25) is 14.7 Å². The summed E-state index contributed by atoms with van der Waals surface area (Å²) in [5, 5.41) is 0. The first-order chi connectivity index (χ1) is 19.3. The lowest BCUT2D eigenvalue weighted by atomic mass is 9.84. The second-order valence-electron chi connectivity index (χ2n) is 16.7. The van der Waals surface area contributed by atoms with Crippen LogP contribution in [0.2, 0.25) is 0 Å². The van der Waals surface area contributed by atoms with Gasteiger partial charge in [-0.2, -0.15) is 0 Å². The van der Waals surface area contributed by atoms with Crippen molar-refractivity contribution in [2.45, 2.75) is 208 Å². The number of hydrogen-bond donors (Lipinski definition) is 0. The number of fused-ring (bicyclic) bond motifs is 2. The van der Waals surface area contributed by atoms with Gasteiger partial charge < -0.3 is 0 Å². The number of piperidine rings is 1. The van der Waals surface area contributed by atoms with E-state index in [-0.39, 0.29) is 0 Å². The molecule has 0 aromatic heterocycles. The molecule has 3 heterocycles. The van der Waals surface area contributed by atoms with Crippen LogP contribution in [0.5, 0.6) is 0 Å². The van der Waals surface area contributed by atoms with Crippen LogP contribution in [0, 0.1) is 29.6 Å². The Kier molecular flexibility index (Phi) is 14.0. The minimum Gasteiger partial charge on any atom is -0.298 e. The second-order valence-corrected chi connectivity index (χ2v) is 16.7. The van der Waals surface area contributed by atoms with Crippen molar-refractivity contribution in [3.05, 3.63) is 0 Å². The molecule has 3 heteroatoms. The third-order valence-corrected chi connectivity index (χ3v) is 11.9. The highest BCUT2D eigenvalue weighted by molar-refractivity contribution is 5.00. The molecular formula is C38H75N3. The predicted octanol–water partition coefficient (Wildman–Crippen LogP) is 9.88. The molecule has 7 atom stereocenters. The zero-order valence-electron chi connectivity index (χ0n) is 30.0. The lowest BCUT2D eigenvalue weighted by Gasteiger charge is -2.40. The Morgan fingerprint density at radius 3 is 1.24 bits per heavy atom. The molecule has 242 valence electrons. The summed E-state index contributed by atoms with van der Waals surface area (Å²) < 4.78 is 0. The van der Waals surface area contributed by atoms with Crippen LogP contribution < -0.4 is 0 Å². The molecular weight excluding hydrogens is 498 g/mol. The van der Waals surface area contributed by atoms with E-state index in [1.54, 1.807) is 0 Å². The Labute approximate surface area is 259 Å². The molecule has 3 saturated heterocycles. The van der Waals surface area contributed by atoms with Gasteiger partial charge in [-0.25, -0.2) is 0 Å². The van der Waals surface area contributed by atoms with Crippen LogP contribution >= 0.6 is 0 Å². The third kappa shape index (κ3) is 8.97. The summed E-state index contributed by atoms with van der Waals surface area (Å²) in [6, 6.07) is 6.65. The molecule has 5 fully saturated rings. The van der Waals surface area contributed by atoms with Crippen molar-refractivity contribution < 1.29 is 0 Å². The van der Waals surface area contributed by atoms with E-state index in [0.717, 1.165) is 77.9 Å². The van der Waals surface area contributed by atoms with Gasteiger partial charge in [-0.1, -0.05) is 67.2 Å². The van der Waals surface area contributed by atoms with Gasteiger partial charge in [0, 0.05) is 48.3 Å². The molecule has 41 heavy (non-hydrogen) atoms. The number of hydrogen-bond acceptors (Lipinski definition) is 3. The summed E-state index contributed by atoms with van der Waals surface area (Å²) in [7, 11) is 0. The molecule has 0 aromatic rings. The van der Waals surface area contributed by atoms with Crippen molar-refractivity contribution in [3.8, 4) is 0 Å². The molecule has 3 aliphatic heterocycles. The molecule has 5 rings (SSSR count). The number of rotatable bonds is 6. The maximum absolute atomic E-state index is 2.84. The molecule has 0 unspecified atom stereocenters. The summed E-state index contributed by atoms with van der Waals surface area (Å²) in [5.74, 6) is 4.55. The molecule has 0 amide bonds. The van der Waals surface area contributed by atoms with Crippen LogP contribution in [0.25, 0.3) is 0 Å². The Hall–Kier alpha value is -0.120. The SMILES string of the molecule is CC(C)[C@@H]1CCCCN1C(C)C.CC(C)[C@@H]1C[C@@H]2CCCC[C@@H]2N1C(C)C.CC(C)[C@@H]1C[C@@H]2CCC[C@@H]2N1C(C)C. The Bertz CT molecular complexity index is 709. The average molecular weight is 574 g/mol. The Balaban J connectivity index is 0.000000170. The lowest BCUT2D eigenvalue weighted by molar-refractivity contribution is 0.0808. The fourth-order valence-electron chi connectivity index (χ4n) is 10.00. The minimum absolute atomic E-state index is 0.734. The lowest BCUT2D eigenvalue weighted by Crippen LogP contribution is -2.46. The van der Waals surface area contributed by atoms with Crippen molar-refractivity contribution in [2.75, 3.05) is 6.54 Å². The van der Waals surface area contributed by atoms with E-state index in [1.165, 1.54) is 83.6 Å². The predicted molar refractivity (Wildman–Crippen MR) is 182 cm³/mol. The number of likely N-dealkylation sites (tertiary alicyclic amines) is 3. The van der Waals surface area contributed by atoms with Crippen molar-refractivity contribution >= 4 is 0 Å². The molecule has 0 bridgehead atoms. The maximum Gasteiger partial charge on any atom is 0.0130 e. The van der Waals surface area contributed by atoms with Crippen LogP contribution in [0.3, 0.4) is 0 Å². The zero-order chi connectivity index (χ0) is 30.4. The van der Waals surface area contributed by atoms with E-state index >= 15 is 0 Å². The van der Waals surface area contributed by atoms with E-state index < -0.39 is 0 Å². The number of nitrogens with zero attached hydrogens (tertiary/aromatic N) is 3. The van der Waals surface area contributed by atoms with Crippen molar-refractivity contribution in [3.63, 3.8) is 0 Å². The van der Waals surface area contributed by atoms with Crippen LogP contribution in [-0.4, -0.2) is 69.6 Å². The third-order valence-electron chi connectivity index (χ3n) is 11.9. The van der Waals surface area contributed by atoms with Crippen molar-refractivity contribution in [2.24, 2.45) is 29.6 Å². The fraction of sp³-hybridized carbons (Fsp3) is 1.00. The molecule has 0 aromatic carbocycles. The summed E-state index contributed by atoms with van der Waals surface area (Å²) >= 11 is 0. The van der Waals surface area contributed by atoms with E-state index in [2.05, 4.69) is 97.8 Å². The zero-order valence-corrected chi connectivity index (χ0v) is 30.0. The van der Waals surface area contributed by atoms with Gasteiger partial charge in [0.25, 0.3) is 0 Å². The average Bonchev–Trinajstić information content (AvgIpc) is 3.62. The van der Waals surface area contributed by atoms with Gasteiger partial charge >= 0.3 is 0 Å². The second kappa shape index (κ2) is 16.3. The molecule has 0 radical (unpaired) electrons. The largest absolute Gasteiger partial charge is 0.298 e. The van der Waals surface area contributed by atoms with E-state index in [4.69, 9.17) is 0 Å². The first kappa shape index (κ1) is 35.4. The van der Waals surface area contributed by atoms with Gasteiger partial charge in [0.2, 0.25) is 0 Å². The quantitative estimate of drug-likeness (QED) is 0.313. The smallest absolute Gasteiger partial charge is 0.0130 e.